The monoisotopic (exact) mass is 717 g/mol. The summed E-state index contributed by atoms with van der Waals surface area (Å²) in [5.74, 6) is 3.61. The van der Waals surface area contributed by atoms with Crippen LogP contribution in [0.4, 0.5) is 0 Å². The van der Waals surface area contributed by atoms with Gasteiger partial charge in [-0.1, -0.05) is 170 Å². The van der Waals surface area contributed by atoms with E-state index in [1.165, 1.54) is 0 Å². The second-order valence-electron chi connectivity index (χ2n) is 13.1. The molecule has 7 aromatic carbocycles. The van der Waals surface area contributed by atoms with Crippen molar-refractivity contribution in [3.63, 3.8) is 0 Å². The van der Waals surface area contributed by atoms with Crippen molar-refractivity contribution < 1.29 is 0 Å². The van der Waals surface area contributed by atoms with Gasteiger partial charge in [-0.3, -0.25) is 0 Å². The van der Waals surface area contributed by atoms with Crippen molar-refractivity contribution >= 4 is 0 Å². The average Bonchev–Trinajstić information content (AvgIpc) is 3.30. The Morgan fingerprint density at radius 2 is 0.482 bits per heavy atom. The Hall–Kier alpha value is -7.95. The highest BCUT2D eigenvalue weighted by Crippen LogP contribution is 2.32. The lowest BCUT2D eigenvalue weighted by molar-refractivity contribution is 1.07. The van der Waals surface area contributed by atoms with Crippen LogP contribution < -0.4 is 0 Å². The Bertz CT molecular complexity index is 2520. The third-order valence-corrected chi connectivity index (χ3v) is 9.41. The molecule has 0 atom stereocenters. The normalized spacial score (nSPS) is 10.8. The summed E-state index contributed by atoms with van der Waals surface area (Å²) in [6.07, 6.45) is 0. The molecule has 0 aliphatic heterocycles. The summed E-state index contributed by atoms with van der Waals surface area (Å²) in [5.41, 5.74) is 9.76. The molecule has 0 aliphatic rings. The lowest BCUT2D eigenvalue weighted by Gasteiger charge is -2.11. The third kappa shape index (κ3) is 7.19. The van der Waals surface area contributed by atoms with E-state index in [4.69, 9.17) is 29.9 Å². The molecule has 0 bridgehead atoms. The summed E-state index contributed by atoms with van der Waals surface area (Å²) < 4.78 is 0. The van der Waals surface area contributed by atoms with Crippen LogP contribution in [0.3, 0.4) is 0 Å². The first-order chi connectivity index (χ1) is 27.7. The van der Waals surface area contributed by atoms with Crippen molar-refractivity contribution in [2.45, 2.75) is 0 Å². The zero-order chi connectivity index (χ0) is 37.7. The largest absolute Gasteiger partial charge is 0.208 e. The van der Waals surface area contributed by atoms with Crippen molar-refractivity contribution in [1.82, 2.24) is 29.9 Å². The van der Waals surface area contributed by atoms with E-state index in [-0.39, 0.29) is 0 Å². The van der Waals surface area contributed by atoms with Crippen LogP contribution in [-0.4, -0.2) is 29.9 Å². The van der Waals surface area contributed by atoms with E-state index in [0.29, 0.717) is 40.5 Å². The van der Waals surface area contributed by atoms with Gasteiger partial charge in [-0.25, -0.2) is 29.9 Å². The van der Waals surface area contributed by atoms with Gasteiger partial charge in [0.1, 0.15) is 0 Å². The molecule has 0 saturated heterocycles. The van der Waals surface area contributed by atoms with Gasteiger partial charge >= 0.3 is 0 Å². The average molecular weight is 718 g/mol. The number of hydrogen-bond donors (Lipinski definition) is 0. The van der Waals surface area contributed by atoms with Gasteiger partial charge in [0.05, 0.1) is 11.6 Å². The number of benzene rings is 7. The van der Waals surface area contributed by atoms with Gasteiger partial charge < -0.3 is 0 Å². The molecule has 0 N–H and O–H groups in total. The smallest absolute Gasteiger partial charge is 0.164 e. The van der Waals surface area contributed by atoms with Gasteiger partial charge in [0.15, 0.2) is 34.9 Å². The van der Waals surface area contributed by atoms with E-state index < -0.39 is 0 Å². The molecule has 0 spiro atoms. The molecule has 0 amide bonds. The van der Waals surface area contributed by atoms with E-state index >= 15 is 0 Å². The van der Waals surface area contributed by atoms with E-state index in [2.05, 4.69) is 12.1 Å². The first-order valence-electron chi connectivity index (χ1n) is 18.2. The SMILES string of the molecule is N#Cc1cc(-c2ccc(-c3nc(-c4ccccc4)nc(-c4ccccc4)n3)cc2)cc(-c2ccc(-c3nc(-c4ccccc4)nc(-c4ccccc4)n3)cc2)c1. The summed E-state index contributed by atoms with van der Waals surface area (Å²) in [4.78, 5) is 29.1. The molecule has 9 aromatic rings. The molecular weight excluding hydrogens is 687 g/mol. The zero-order valence-corrected chi connectivity index (χ0v) is 30.0. The molecule has 0 aliphatic carbocycles. The number of nitriles is 1. The Morgan fingerprint density at radius 1 is 0.250 bits per heavy atom. The number of hydrogen-bond acceptors (Lipinski definition) is 7. The third-order valence-electron chi connectivity index (χ3n) is 9.41. The summed E-state index contributed by atoms with van der Waals surface area (Å²) in [7, 11) is 0. The summed E-state index contributed by atoms with van der Waals surface area (Å²) in [5, 5.41) is 10.1. The summed E-state index contributed by atoms with van der Waals surface area (Å²) in [6.45, 7) is 0. The molecule has 262 valence electrons. The van der Waals surface area contributed by atoms with Crippen LogP contribution in [0.5, 0.6) is 0 Å². The van der Waals surface area contributed by atoms with Gasteiger partial charge in [0.2, 0.25) is 0 Å². The highest BCUT2D eigenvalue weighted by Gasteiger charge is 2.15. The lowest BCUT2D eigenvalue weighted by Crippen LogP contribution is -2.00. The number of rotatable bonds is 8. The van der Waals surface area contributed by atoms with Crippen molar-refractivity contribution in [1.29, 1.82) is 5.26 Å². The fourth-order valence-corrected chi connectivity index (χ4v) is 6.52. The minimum absolute atomic E-state index is 0.570. The number of nitrogens with zero attached hydrogens (tertiary/aromatic N) is 7. The maximum Gasteiger partial charge on any atom is 0.164 e. The Morgan fingerprint density at radius 3 is 0.732 bits per heavy atom. The highest BCUT2D eigenvalue weighted by atomic mass is 15.0. The van der Waals surface area contributed by atoms with Crippen molar-refractivity contribution in [2.75, 3.05) is 0 Å². The van der Waals surface area contributed by atoms with Gasteiger partial charge in [0.25, 0.3) is 0 Å². The molecular formula is C49H31N7. The van der Waals surface area contributed by atoms with Gasteiger partial charge in [-0.2, -0.15) is 5.26 Å². The molecule has 7 nitrogen and oxygen atoms in total. The quantitative estimate of drug-likeness (QED) is 0.154. The zero-order valence-electron chi connectivity index (χ0n) is 30.0. The molecule has 56 heavy (non-hydrogen) atoms. The van der Waals surface area contributed by atoms with Crippen LogP contribution in [-0.2, 0) is 0 Å². The standard InChI is InChI=1S/C49H31N7/c50-32-33-29-42(34-21-25-40(26-22-34)48-53-44(36-13-5-1-6-14-36)51-45(54-48)37-15-7-2-8-16-37)31-43(30-33)35-23-27-41(28-24-35)49-55-46(38-17-9-3-10-18-38)52-47(56-49)39-19-11-4-12-20-39/h1-31H. The molecule has 0 saturated carbocycles. The minimum atomic E-state index is 0.570. The Balaban J connectivity index is 1.04. The van der Waals surface area contributed by atoms with Crippen molar-refractivity contribution in [2.24, 2.45) is 0 Å². The fourth-order valence-electron chi connectivity index (χ4n) is 6.52. The van der Waals surface area contributed by atoms with Crippen LogP contribution in [0.25, 0.3) is 90.6 Å². The van der Waals surface area contributed by atoms with Crippen LogP contribution in [0.1, 0.15) is 5.56 Å². The molecule has 0 radical (unpaired) electrons. The van der Waals surface area contributed by atoms with Crippen LogP contribution in [0.15, 0.2) is 188 Å². The van der Waals surface area contributed by atoms with Crippen LogP contribution in [0.2, 0.25) is 0 Å². The van der Waals surface area contributed by atoms with Crippen molar-refractivity contribution in [3.8, 4) is 96.7 Å². The van der Waals surface area contributed by atoms with Gasteiger partial charge in [0, 0.05) is 33.4 Å². The number of aromatic nitrogens is 6. The van der Waals surface area contributed by atoms with Crippen LogP contribution in [0, 0.1) is 11.3 Å². The predicted octanol–water partition coefficient (Wildman–Crippen LogP) is 11.3. The fraction of sp³-hybridized carbons (Fsp3) is 0. The van der Waals surface area contributed by atoms with E-state index in [1.807, 2.05) is 182 Å². The molecule has 9 rings (SSSR count). The Kier molecular flexibility index (Phi) is 9.18. The predicted molar refractivity (Wildman–Crippen MR) is 221 cm³/mol. The van der Waals surface area contributed by atoms with Crippen molar-refractivity contribution in [3.05, 3.63) is 194 Å². The topological polar surface area (TPSA) is 101 Å². The molecule has 0 fully saturated rings. The molecule has 2 heterocycles. The maximum atomic E-state index is 10.1. The van der Waals surface area contributed by atoms with E-state index in [9.17, 15) is 5.26 Å². The minimum Gasteiger partial charge on any atom is -0.208 e. The first kappa shape index (κ1) is 33.9. The van der Waals surface area contributed by atoms with E-state index in [0.717, 1.165) is 55.6 Å². The Labute approximate surface area is 324 Å². The van der Waals surface area contributed by atoms with Gasteiger partial charge in [-0.05, 0) is 40.5 Å². The summed E-state index contributed by atoms with van der Waals surface area (Å²) in [6, 6.07) is 64.3. The maximum absolute atomic E-state index is 10.1. The van der Waals surface area contributed by atoms with E-state index in [1.54, 1.807) is 0 Å². The molecule has 0 unspecified atom stereocenters. The second kappa shape index (κ2) is 15.2. The lowest BCUT2D eigenvalue weighted by atomic mass is 9.95. The highest BCUT2D eigenvalue weighted by molar-refractivity contribution is 5.78. The molecule has 2 aromatic heterocycles. The van der Waals surface area contributed by atoms with Gasteiger partial charge in [-0.15, -0.1) is 0 Å². The first-order valence-corrected chi connectivity index (χ1v) is 18.2. The summed E-state index contributed by atoms with van der Waals surface area (Å²) >= 11 is 0. The molecule has 7 heteroatoms. The van der Waals surface area contributed by atoms with Crippen LogP contribution >= 0.6 is 0 Å². The second-order valence-corrected chi connectivity index (χ2v) is 13.1.